The maximum atomic E-state index is 12.5. The number of hydrazone groups is 1. The van der Waals surface area contributed by atoms with Gasteiger partial charge in [-0.2, -0.15) is 5.10 Å². The van der Waals surface area contributed by atoms with Gasteiger partial charge in [-0.3, -0.25) is 4.79 Å². The van der Waals surface area contributed by atoms with E-state index in [0.29, 0.717) is 17.9 Å². The van der Waals surface area contributed by atoms with Crippen molar-refractivity contribution in [1.29, 1.82) is 0 Å². The lowest BCUT2D eigenvalue weighted by Gasteiger charge is -2.10. The molecule has 1 N–H and O–H groups in total. The van der Waals surface area contributed by atoms with Crippen molar-refractivity contribution in [1.82, 2.24) is 5.43 Å². The molecule has 0 unspecified atom stereocenters. The molecule has 1 amide bonds. The van der Waals surface area contributed by atoms with Crippen molar-refractivity contribution >= 4 is 12.1 Å². The average Bonchev–Trinajstić information content (AvgIpc) is 2.69. The van der Waals surface area contributed by atoms with Gasteiger partial charge in [0, 0.05) is 0 Å². The summed E-state index contributed by atoms with van der Waals surface area (Å²) in [5, 5.41) is 4.09. The molecule has 3 aromatic rings. The van der Waals surface area contributed by atoms with E-state index in [9.17, 15) is 4.79 Å². The normalized spacial score (nSPS) is 10.7. The summed E-state index contributed by atoms with van der Waals surface area (Å²) < 4.78 is 5.83. The molecule has 4 nitrogen and oxygen atoms in total. The van der Waals surface area contributed by atoms with E-state index in [0.717, 1.165) is 16.7 Å². The summed E-state index contributed by atoms with van der Waals surface area (Å²) in [5.41, 5.74) is 7.34. The molecule has 3 aromatic carbocycles. The van der Waals surface area contributed by atoms with Crippen LogP contribution >= 0.6 is 0 Å². The molecule has 0 saturated heterocycles. The number of carbonyl (C=O) groups excluding carboxylic acids is 1. The third-order valence-electron chi connectivity index (χ3n) is 4.16. The molecule has 0 aliphatic rings. The number of aryl methyl sites for hydroxylation is 2. The first-order chi connectivity index (χ1) is 13.1. The topological polar surface area (TPSA) is 50.7 Å². The Balaban J connectivity index is 1.67. The summed E-state index contributed by atoms with van der Waals surface area (Å²) in [5.74, 6) is 0.222. The van der Waals surface area contributed by atoms with Crippen LogP contribution in [-0.2, 0) is 6.61 Å². The Morgan fingerprint density at radius 2 is 1.74 bits per heavy atom. The number of amides is 1. The quantitative estimate of drug-likeness (QED) is 0.515. The van der Waals surface area contributed by atoms with Crippen LogP contribution < -0.4 is 10.2 Å². The molecule has 0 heterocycles. The number of para-hydroxylation sites is 1. The van der Waals surface area contributed by atoms with Gasteiger partial charge in [0.05, 0.1) is 11.8 Å². The van der Waals surface area contributed by atoms with Gasteiger partial charge in [0.15, 0.2) is 0 Å². The van der Waals surface area contributed by atoms with Crippen LogP contribution in [0.3, 0.4) is 0 Å². The molecular weight excluding hydrogens is 336 g/mol. The molecule has 0 saturated carbocycles. The molecule has 0 radical (unpaired) electrons. The van der Waals surface area contributed by atoms with E-state index in [1.807, 2.05) is 62.4 Å². The summed E-state index contributed by atoms with van der Waals surface area (Å²) in [6.07, 6.45) is 1.65. The van der Waals surface area contributed by atoms with Crippen LogP contribution in [0.15, 0.2) is 77.9 Å². The van der Waals surface area contributed by atoms with Crippen LogP contribution in [-0.4, -0.2) is 12.1 Å². The second-order valence-corrected chi connectivity index (χ2v) is 6.33. The second kappa shape index (κ2) is 8.81. The molecule has 136 valence electrons. The Kier molecular flexibility index (Phi) is 6.00. The lowest BCUT2D eigenvalue weighted by atomic mass is 10.1. The van der Waals surface area contributed by atoms with Gasteiger partial charge in [-0.15, -0.1) is 0 Å². The number of hydrogen-bond donors (Lipinski definition) is 1. The van der Waals surface area contributed by atoms with Crippen LogP contribution in [0.5, 0.6) is 5.75 Å². The average molecular weight is 358 g/mol. The van der Waals surface area contributed by atoms with E-state index in [2.05, 4.69) is 16.6 Å². The zero-order valence-corrected chi connectivity index (χ0v) is 15.5. The first kappa shape index (κ1) is 18.4. The van der Waals surface area contributed by atoms with Crippen LogP contribution in [0, 0.1) is 13.8 Å². The molecule has 0 aromatic heterocycles. The van der Waals surface area contributed by atoms with Gasteiger partial charge in [0.2, 0.25) is 0 Å². The fourth-order valence-electron chi connectivity index (χ4n) is 2.71. The molecule has 0 aliphatic carbocycles. The number of hydrogen-bond acceptors (Lipinski definition) is 3. The van der Waals surface area contributed by atoms with E-state index < -0.39 is 0 Å². The molecule has 0 aliphatic heterocycles. The van der Waals surface area contributed by atoms with Crippen molar-refractivity contribution in [3.63, 3.8) is 0 Å². The molecule has 27 heavy (non-hydrogen) atoms. The number of benzene rings is 3. The van der Waals surface area contributed by atoms with Crippen molar-refractivity contribution < 1.29 is 9.53 Å². The van der Waals surface area contributed by atoms with E-state index in [-0.39, 0.29) is 5.91 Å². The van der Waals surface area contributed by atoms with Gasteiger partial charge in [-0.25, -0.2) is 5.43 Å². The highest BCUT2D eigenvalue weighted by Gasteiger charge is 2.11. The highest BCUT2D eigenvalue weighted by Crippen LogP contribution is 2.19. The van der Waals surface area contributed by atoms with Crippen molar-refractivity contribution in [2.75, 3.05) is 0 Å². The van der Waals surface area contributed by atoms with E-state index in [1.165, 1.54) is 5.56 Å². The van der Waals surface area contributed by atoms with E-state index >= 15 is 0 Å². The fourth-order valence-corrected chi connectivity index (χ4v) is 2.71. The molecule has 4 heteroatoms. The van der Waals surface area contributed by atoms with Gasteiger partial charge in [0.1, 0.15) is 12.4 Å². The Labute approximate surface area is 159 Å². The SMILES string of the molecule is Cc1ccc(/C=N/NC(=O)c2ccccc2OCc2ccccc2)c(C)c1. The van der Waals surface area contributed by atoms with Crippen molar-refractivity contribution in [2.45, 2.75) is 20.5 Å². The van der Waals surface area contributed by atoms with Crippen LogP contribution in [0.25, 0.3) is 0 Å². The first-order valence-electron chi connectivity index (χ1n) is 8.80. The summed E-state index contributed by atoms with van der Waals surface area (Å²) >= 11 is 0. The molecule has 0 bridgehead atoms. The fraction of sp³-hybridized carbons (Fsp3) is 0.130. The Morgan fingerprint density at radius 1 is 1.00 bits per heavy atom. The minimum Gasteiger partial charge on any atom is -0.488 e. The molecule has 3 rings (SSSR count). The number of carbonyl (C=O) groups is 1. The van der Waals surface area contributed by atoms with Crippen molar-refractivity contribution in [2.24, 2.45) is 5.10 Å². The second-order valence-electron chi connectivity index (χ2n) is 6.33. The number of nitrogens with one attached hydrogen (secondary N) is 1. The maximum absolute atomic E-state index is 12.5. The lowest BCUT2D eigenvalue weighted by Crippen LogP contribution is -2.18. The minimum absolute atomic E-state index is 0.306. The molecule has 0 fully saturated rings. The lowest BCUT2D eigenvalue weighted by molar-refractivity contribution is 0.0950. The largest absolute Gasteiger partial charge is 0.488 e. The first-order valence-corrected chi connectivity index (χ1v) is 8.80. The molecule has 0 atom stereocenters. The number of rotatable bonds is 6. The van der Waals surface area contributed by atoms with Gasteiger partial charge in [-0.05, 0) is 42.7 Å². The van der Waals surface area contributed by atoms with Crippen LogP contribution in [0.1, 0.15) is 32.6 Å². The number of ether oxygens (including phenoxy) is 1. The predicted molar refractivity (Wildman–Crippen MR) is 108 cm³/mol. The Hall–Kier alpha value is -3.40. The van der Waals surface area contributed by atoms with Gasteiger partial charge < -0.3 is 4.74 Å². The van der Waals surface area contributed by atoms with Crippen LogP contribution in [0.4, 0.5) is 0 Å². The zero-order valence-electron chi connectivity index (χ0n) is 15.5. The van der Waals surface area contributed by atoms with Crippen molar-refractivity contribution in [3.05, 3.63) is 101 Å². The smallest absolute Gasteiger partial charge is 0.275 e. The van der Waals surface area contributed by atoms with E-state index in [1.54, 1.807) is 24.4 Å². The Morgan fingerprint density at radius 3 is 2.52 bits per heavy atom. The standard InChI is InChI=1S/C23H22N2O2/c1-17-12-13-20(18(2)14-17)15-24-25-23(26)21-10-6-7-11-22(21)27-16-19-8-4-3-5-9-19/h3-15H,16H2,1-2H3,(H,25,26)/b24-15+. The highest BCUT2D eigenvalue weighted by molar-refractivity contribution is 5.97. The zero-order chi connectivity index (χ0) is 19.1. The molecule has 0 spiro atoms. The number of nitrogens with zero attached hydrogens (tertiary/aromatic N) is 1. The minimum atomic E-state index is -0.306. The summed E-state index contributed by atoms with van der Waals surface area (Å²) in [4.78, 5) is 12.5. The summed E-state index contributed by atoms with van der Waals surface area (Å²) in [6, 6.07) is 23.1. The highest BCUT2D eigenvalue weighted by atomic mass is 16.5. The summed E-state index contributed by atoms with van der Waals surface area (Å²) in [7, 11) is 0. The monoisotopic (exact) mass is 358 g/mol. The van der Waals surface area contributed by atoms with Crippen LogP contribution in [0.2, 0.25) is 0 Å². The van der Waals surface area contributed by atoms with Gasteiger partial charge in [0.25, 0.3) is 5.91 Å². The Bertz CT molecular complexity index is 950. The maximum Gasteiger partial charge on any atom is 0.275 e. The molecular formula is C23H22N2O2. The predicted octanol–water partition coefficient (Wildman–Crippen LogP) is 4.65. The summed E-state index contributed by atoms with van der Waals surface area (Å²) in [6.45, 7) is 4.46. The van der Waals surface area contributed by atoms with Gasteiger partial charge >= 0.3 is 0 Å². The third kappa shape index (κ3) is 5.05. The van der Waals surface area contributed by atoms with Crippen molar-refractivity contribution in [3.8, 4) is 5.75 Å². The van der Waals surface area contributed by atoms with E-state index in [4.69, 9.17) is 4.74 Å². The van der Waals surface area contributed by atoms with Gasteiger partial charge in [-0.1, -0.05) is 66.2 Å². The third-order valence-corrected chi connectivity index (χ3v) is 4.16.